The molecule has 1 aromatic heterocycles. The molecule has 1 aromatic carbocycles. The van der Waals surface area contributed by atoms with Crippen molar-refractivity contribution in [1.82, 2.24) is 10.3 Å². The number of thioether (sulfide) groups is 1. The molecule has 1 N–H and O–H groups in total. The van der Waals surface area contributed by atoms with Crippen molar-refractivity contribution >= 4 is 11.8 Å². The fourth-order valence-electron chi connectivity index (χ4n) is 2.78. The van der Waals surface area contributed by atoms with Gasteiger partial charge in [0.1, 0.15) is 5.75 Å². The minimum atomic E-state index is 0.258. The maximum absolute atomic E-state index is 5.29. The van der Waals surface area contributed by atoms with Gasteiger partial charge in [-0.05, 0) is 30.3 Å². The maximum Gasteiger partial charge on any atom is 0.137 e. The van der Waals surface area contributed by atoms with Crippen LogP contribution in [0.2, 0.25) is 0 Å². The molecule has 0 aliphatic carbocycles. The Morgan fingerprint density at radius 1 is 1.35 bits per heavy atom. The molecule has 20 heavy (non-hydrogen) atoms. The van der Waals surface area contributed by atoms with Crippen molar-refractivity contribution in [1.29, 1.82) is 0 Å². The first-order valence-corrected chi connectivity index (χ1v) is 7.70. The van der Waals surface area contributed by atoms with E-state index in [4.69, 9.17) is 4.74 Å². The molecule has 0 saturated carbocycles. The quantitative estimate of drug-likeness (QED) is 0.935. The Morgan fingerprint density at radius 2 is 2.20 bits per heavy atom. The highest BCUT2D eigenvalue weighted by molar-refractivity contribution is 7.99. The molecule has 4 heteroatoms. The number of likely N-dealkylation sites (N-methyl/N-ethyl adjacent to an activating group) is 1. The van der Waals surface area contributed by atoms with E-state index in [0.717, 1.165) is 11.5 Å². The number of aromatic nitrogens is 1. The van der Waals surface area contributed by atoms with Crippen LogP contribution >= 0.6 is 11.8 Å². The number of pyridine rings is 1. The van der Waals surface area contributed by atoms with Gasteiger partial charge in [0.2, 0.25) is 0 Å². The van der Waals surface area contributed by atoms with Gasteiger partial charge in [0.15, 0.2) is 0 Å². The Bertz CT molecular complexity index is 603. The average molecular weight is 286 g/mol. The van der Waals surface area contributed by atoms with Crippen molar-refractivity contribution in [2.45, 2.75) is 16.9 Å². The topological polar surface area (TPSA) is 34.2 Å². The normalized spacial score (nSPS) is 18.6. The zero-order valence-corrected chi connectivity index (χ0v) is 12.5. The molecule has 2 atom stereocenters. The summed E-state index contributed by atoms with van der Waals surface area (Å²) in [5.41, 5.74) is 2.61. The third-order valence-electron chi connectivity index (χ3n) is 3.78. The molecule has 1 aliphatic heterocycles. The van der Waals surface area contributed by atoms with Gasteiger partial charge in [-0.2, -0.15) is 0 Å². The van der Waals surface area contributed by atoms with E-state index in [1.165, 1.54) is 16.0 Å². The first-order valence-electron chi connectivity index (χ1n) is 6.71. The summed E-state index contributed by atoms with van der Waals surface area (Å²) in [6.07, 6.45) is 3.67. The van der Waals surface area contributed by atoms with E-state index in [9.17, 15) is 0 Å². The second-order valence-corrected chi connectivity index (χ2v) is 5.94. The van der Waals surface area contributed by atoms with Gasteiger partial charge in [0, 0.05) is 28.8 Å². The van der Waals surface area contributed by atoms with Crippen LogP contribution in [0.15, 0.2) is 47.6 Å². The van der Waals surface area contributed by atoms with Crippen molar-refractivity contribution < 1.29 is 4.74 Å². The first kappa shape index (κ1) is 13.5. The molecule has 2 aromatic rings. The second kappa shape index (κ2) is 5.85. The minimum Gasteiger partial charge on any atom is -0.495 e. The van der Waals surface area contributed by atoms with Gasteiger partial charge in [0.25, 0.3) is 0 Å². The van der Waals surface area contributed by atoms with Gasteiger partial charge in [-0.1, -0.05) is 18.2 Å². The van der Waals surface area contributed by atoms with E-state index in [-0.39, 0.29) is 6.04 Å². The fraction of sp³-hybridized carbons (Fsp3) is 0.312. The molecule has 0 spiro atoms. The van der Waals surface area contributed by atoms with Crippen molar-refractivity contribution in [3.63, 3.8) is 0 Å². The average Bonchev–Trinajstić information content (AvgIpc) is 2.93. The van der Waals surface area contributed by atoms with Gasteiger partial charge >= 0.3 is 0 Å². The van der Waals surface area contributed by atoms with Gasteiger partial charge in [-0.15, -0.1) is 11.8 Å². The van der Waals surface area contributed by atoms with Crippen LogP contribution in [0.4, 0.5) is 0 Å². The second-order valence-electron chi connectivity index (χ2n) is 4.88. The van der Waals surface area contributed by atoms with Crippen LogP contribution in [-0.4, -0.2) is 24.9 Å². The van der Waals surface area contributed by atoms with Crippen LogP contribution in [0.25, 0.3) is 0 Å². The summed E-state index contributed by atoms with van der Waals surface area (Å²) in [5, 5.41) is 3.44. The molecule has 0 fully saturated rings. The van der Waals surface area contributed by atoms with Crippen LogP contribution in [0.5, 0.6) is 5.75 Å². The zero-order chi connectivity index (χ0) is 13.9. The molecule has 0 amide bonds. The number of ether oxygens (including phenoxy) is 1. The Morgan fingerprint density at radius 3 is 3.00 bits per heavy atom. The molecule has 1 aliphatic rings. The lowest BCUT2D eigenvalue weighted by Gasteiger charge is -2.24. The van der Waals surface area contributed by atoms with Crippen molar-refractivity contribution in [3.8, 4) is 5.75 Å². The van der Waals surface area contributed by atoms with Crippen LogP contribution in [0.1, 0.15) is 23.1 Å². The van der Waals surface area contributed by atoms with Gasteiger partial charge in [-0.3, -0.25) is 4.98 Å². The van der Waals surface area contributed by atoms with E-state index >= 15 is 0 Å². The molecule has 0 radical (unpaired) electrons. The molecule has 104 valence electrons. The third-order valence-corrected chi connectivity index (χ3v) is 4.99. The van der Waals surface area contributed by atoms with Crippen LogP contribution in [-0.2, 0) is 0 Å². The molecule has 2 heterocycles. The summed E-state index contributed by atoms with van der Waals surface area (Å²) >= 11 is 1.93. The maximum atomic E-state index is 5.29. The number of fused-ring (bicyclic) bond motifs is 1. The highest BCUT2D eigenvalue weighted by Gasteiger charge is 2.30. The number of nitrogens with one attached hydrogen (secondary N) is 1. The third kappa shape index (κ3) is 2.41. The number of hydrogen-bond donors (Lipinski definition) is 1. The molecule has 3 nitrogen and oxygen atoms in total. The van der Waals surface area contributed by atoms with E-state index in [0.29, 0.717) is 5.92 Å². The Labute approximate surface area is 123 Å². The summed E-state index contributed by atoms with van der Waals surface area (Å²) in [5.74, 6) is 2.37. The summed E-state index contributed by atoms with van der Waals surface area (Å²) in [6.45, 7) is 0. The fourth-order valence-corrected chi connectivity index (χ4v) is 4.07. The monoisotopic (exact) mass is 286 g/mol. The van der Waals surface area contributed by atoms with Gasteiger partial charge < -0.3 is 10.1 Å². The van der Waals surface area contributed by atoms with Gasteiger partial charge in [0.05, 0.1) is 13.3 Å². The molecule has 2 unspecified atom stereocenters. The largest absolute Gasteiger partial charge is 0.495 e. The number of hydrogen-bond acceptors (Lipinski definition) is 4. The Hall–Kier alpha value is -1.52. The predicted octanol–water partition coefficient (Wildman–Crippen LogP) is 3.24. The van der Waals surface area contributed by atoms with Crippen molar-refractivity contribution in [2.24, 2.45) is 0 Å². The highest BCUT2D eigenvalue weighted by atomic mass is 32.2. The molecular weight excluding hydrogens is 268 g/mol. The predicted molar refractivity (Wildman–Crippen MR) is 82.5 cm³/mol. The van der Waals surface area contributed by atoms with Crippen LogP contribution < -0.4 is 10.1 Å². The number of methoxy groups -OCH3 is 1. The lowest BCUT2D eigenvalue weighted by molar-refractivity contribution is 0.410. The van der Waals surface area contributed by atoms with Crippen LogP contribution in [0, 0.1) is 0 Å². The lowest BCUT2D eigenvalue weighted by atomic mass is 9.89. The van der Waals surface area contributed by atoms with Crippen LogP contribution in [0.3, 0.4) is 0 Å². The van der Waals surface area contributed by atoms with E-state index in [1.807, 2.05) is 25.0 Å². The van der Waals surface area contributed by atoms with E-state index in [1.54, 1.807) is 13.3 Å². The summed E-state index contributed by atoms with van der Waals surface area (Å²) in [6, 6.07) is 11.0. The summed E-state index contributed by atoms with van der Waals surface area (Å²) in [4.78, 5) is 5.68. The standard InChI is InChI=1S/C16H18N2OS/c1-17-16(11-7-12(19-2)9-18-8-11)14-10-20-15-6-4-3-5-13(14)15/h3-9,14,16-17H,10H2,1-2H3. The van der Waals surface area contributed by atoms with Crippen molar-refractivity contribution in [3.05, 3.63) is 53.9 Å². The van der Waals surface area contributed by atoms with Gasteiger partial charge in [-0.25, -0.2) is 0 Å². The van der Waals surface area contributed by atoms with E-state index in [2.05, 4.69) is 40.6 Å². The SMILES string of the molecule is CNC(c1cncc(OC)c1)C1CSc2ccccc21. The van der Waals surface area contributed by atoms with Crippen molar-refractivity contribution in [2.75, 3.05) is 19.9 Å². The minimum absolute atomic E-state index is 0.258. The molecule has 0 bridgehead atoms. The lowest BCUT2D eigenvalue weighted by Crippen LogP contribution is -2.24. The summed E-state index contributed by atoms with van der Waals surface area (Å²) < 4.78 is 5.29. The first-order chi connectivity index (χ1) is 9.83. The highest BCUT2D eigenvalue weighted by Crippen LogP contribution is 2.45. The Kier molecular flexibility index (Phi) is 3.94. The smallest absolute Gasteiger partial charge is 0.137 e. The zero-order valence-electron chi connectivity index (χ0n) is 11.7. The Balaban J connectivity index is 1.95. The molecular formula is C16H18N2OS. The number of benzene rings is 1. The molecule has 3 rings (SSSR count). The van der Waals surface area contributed by atoms with E-state index < -0.39 is 0 Å². The summed E-state index contributed by atoms with van der Waals surface area (Å²) in [7, 11) is 3.69. The molecule has 0 saturated heterocycles. The number of nitrogens with zero attached hydrogens (tertiary/aromatic N) is 1. The number of rotatable bonds is 4.